The van der Waals surface area contributed by atoms with Crippen molar-refractivity contribution in [2.24, 2.45) is 5.92 Å². The number of hydrogen-bond acceptors (Lipinski definition) is 4. The second-order valence-corrected chi connectivity index (χ2v) is 6.82. The molecular weight excluding hydrogens is 400 g/mol. The maximum atomic E-state index is 12.2. The molecule has 1 atom stereocenters. The quantitative estimate of drug-likeness (QED) is 0.760. The summed E-state index contributed by atoms with van der Waals surface area (Å²) in [4.78, 5) is 37.8. The molecule has 1 aliphatic heterocycles. The molecule has 0 saturated carbocycles. The molecule has 1 heterocycles. The number of carbonyl (C=O) groups excluding carboxylic acids is 3. The Bertz CT molecular complexity index is 808. The van der Waals surface area contributed by atoms with Crippen molar-refractivity contribution in [3.63, 3.8) is 0 Å². The van der Waals surface area contributed by atoms with Gasteiger partial charge in [0.1, 0.15) is 0 Å². The third-order valence-electron chi connectivity index (χ3n) is 4.00. The van der Waals surface area contributed by atoms with Crippen molar-refractivity contribution in [3.05, 3.63) is 59.1 Å². The van der Waals surface area contributed by atoms with Crippen LogP contribution in [0.3, 0.4) is 0 Å². The Morgan fingerprint density at radius 2 is 1.81 bits per heavy atom. The monoisotopic (exact) mass is 416 g/mol. The van der Waals surface area contributed by atoms with Crippen molar-refractivity contribution in [1.29, 1.82) is 0 Å². The molecule has 7 heteroatoms. The summed E-state index contributed by atoms with van der Waals surface area (Å²) in [7, 11) is 0. The summed E-state index contributed by atoms with van der Waals surface area (Å²) in [5.74, 6) is -1.67. The summed E-state index contributed by atoms with van der Waals surface area (Å²) in [6, 6.07) is 16.2. The third-order valence-corrected chi connectivity index (χ3v) is 4.53. The second kappa shape index (κ2) is 8.14. The van der Waals surface area contributed by atoms with Gasteiger partial charge in [0.25, 0.3) is 5.91 Å². The number of benzene rings is 2. The highest BCUT2D eigenvalue weighted by Crippen LogP contribution is 2.27. The van der Waals surface area contributed by atoms with Gasteiger partial charge in [-0.2, -0.15) is 0 Å². The van der Waals surface area contributed by atoms with Crippen LogP contribution in [0.15, 0.2) is 59.1 Å². The fraction of sp³-hybridized carbons (Fsp3) is 0.211. The molecule has 0 radical (unpaired) electrons. The van der Waals surface area contributed by atoms with Gasteiger partial charge < -0.3 is 15.0 Å². The van der Waals surface area contributed by atoms with Crippen molar-refractivity contribution in [2.75, 3.05) is 23.4 Å². The fourth-order valence-electron chi connectivity index (χ4n) is 2.71. The molecule has 1 N–H and O–H groups in total. The molecule has 134 valence electrons. The van der Waals surface area contributed by atoms with Crippen molar-refractivity contribution < 1.29 is 19.1 Å². The summed E-state index contributed by atoms with van der Waals surface area (Å²) < 4.78 is 5.98. The van der Waals surface area contributed by atoms with Crippen LogP contribution in [0.5, 0.6) is 0 Å². The first-order valence-electron chi connectivity index (χ1n) is 8.10. The van der Waals surface area contributed by atoms with Gasteiger partial charge in [-0.3, -0.25) is 14.4 Å². The van der Waals surface area contributed by atoms with Crippen molar-refractivity contribution in [1.82, 2.24) is 0 Å². The Hall–Kier alpha value is -2.67. The summed E-state index contributed by atoms with van der Waals surface area (Å²) in [6.45, 7) is -0.129. The molecule has 3 rings (SSSR count). The highest BCUT2D eigenvalue weighted by Gasteiger charge is 2.36. The van der Waals surface area contributed by atoms with E-state index in [1.54, 1.807) is 29.2 Å². The van der Waals surface area contributed by atoms with Crippen LogP contribution in [-0.2, 0) is 19.1 Å². The first-order chi connectivity index (χ1) is 12.5. The van der Waals surface area contributed by atoms with Gasteiger partial charge >= 0.3 is 5.97 Å². The molecule has 0 aliphatic carbocycles. The summed E-state index contributed by atoms with van der Waals surface area (Å²) in [5, 5.41) is 2.64. The number of halogens is 1. The highest BCUT2D eigenvalue weighted by atomic mass is 79.9. The number of ether oxygens (including phenoxy) is 1. The first-order valence-corrected chi connectivity index (χ1v) is 8.89. The SMILES string of the molecule is O=C(COC(=O)[C@@H]1CC(=O)N(c2ccc(Br)cc2)C1)Nc1ccccc1. The van der Waals surface area contributed by atoms with Crippen LogP contribution in [-0.4, -0.2) is 30.9 Å². The number of anilines is 2. The minimum Gasteiger partial charge on any atom is -0.455 e. The lowest BCUT2D eigenvalue weighted by Crippen LogP contribution is -2.28. The van der Waals surface area contributed by atoms with Gasteiger partial charge in [-0.25, -0.2) is 0 Å². The molecule has 1 fully saturated rings. The van der Waals surface area contributed by atoms with Crippen LogP contribution in [0.1, 0.15) is 6.42 Å². The standard InChI is InChI=1S/C19H17BrN2O4/c20-14-6-8-16(9-7-14)22-11-13(10-18(22)24)19(25)26-12-17(23)21-15-4-2-1-3-5-15/h1-9,13H,10-12H2,(H,21,23)/t13-/m1/s1. The van der Waals surface area contributed by atoms with E-state index in [9.17, 15) is 14.4 Å². The van der Waals surface area contributed by atoms with Crippen LogP contribution >= 0.6 is 15.9 Å². The van der Waals surface area contributed by atoms with E-state index >= 15 is 0 Å². The molecule has 0 bridgehead atoms. The van der Waals surface area contributed by atoms with Gasteiger partial charge in [0.05, 0.1) is 5.92 Å². The maximum Gasteiger partial charge on any atom is 0.311 e. The number of esters is 1. The molecular formula is C19H17BrN2O4. The largest absolute Gasteiger partial charge is 0.455 e. The molecule has 1 saturated heterocycles. The van der Waals surface area contributed by atoms with Gasteiger partial charge in [0.15, 0.2) is 6.61 Å². The van der Waals surface area contributed by atoms with Gasteiger partial charge in [0.2, 0.25) is 5.91 Å². The van der Waals surface area contributed by atoms with Crippen LogP contribution in [0.4, 0.5) is 11.4 Å². The van der Waals surface area contributed by atoms with Gasteiger partial charge in [-0.1, -0.05) is 34.1 Å². The summed E-state index contributed by atoms with van der Waals surface area (Å²) >= 11 is 3.35. The van der Waals surface area contributed by atoms with E-state index in [4.69, 9.17) is 4.74 Å². The Labute approximate surface area is 159 Å². The topological polar surface area (TPSA) is 75.7 Å². The number of nitrogens with zero attached hydrogens (tertiary/aromatic N) is 1. The minimum atomic E-state index is -0.573. The summed E-state index contributed by atoms with van der Waals surface area (Å²) in [6.07, 6.45) is 0.0786. The predicted octanol–water partition coefficient (Wildman–Crippen LogP) is 2.98. The smallest absolute Gasteiger partial charge is 0.311 e. The normalized spacial score (nSPS) is 16.4. The lowest BCUT2D eigenvalue weighted by molar-refractivity contribution is -0.151. The highest BCUT2D eigenvalue weighted by molar-refractivity contribution is 9.10. The van der Waals surface area contributed by atoms with Gasteiger partial charge in [-0.05, 0) is 36.4 Å². The fourth-order valence-corrected chi connectivity index (χ4v) is 2.97. The number of amides is 2. The van der Waals surface area contributed by atoms with E-state index < -0.39 is 17.8 Å². The van der Waals surface area contributed by atoms with E-state index in [2.05, 4.69) is 21.2 Å². The number of hydrogen-bond donors (Lipinski definition) is 1. The molecule has 2 amide bonds. The average molecular weight is 417 g/mol. The van der Waals surface area contributed by atoms with Crippen molar-refractivity contribution in [2.45, 2.75) is 6.42 Å². The molecule has 2 aromatic carbocycles. The zero-order chi connectivity index (χ0) is 18.5. The zero-order valence-corrected chi connectivity index (χ0v) is 15.4. The Morgan fingerprint density at radius 3 is 2.50 bits per heavy atom. The van der Waals surface area contributed by atoms with E-state index in [0.29, 0.717) is 5.69 Å². The lowest BCUT2D eigenvalue weighted by Gasteiger charge is -2.16. The van der Waals surface area contributed by atoms with E-state index in [0.717, 1.165) is 10.2 Å². The lowest BCUT2D eigenvalue weighted by atomic mass is 10.1. The van der Waals surface area contributed by atoms with Crippen LogP contribution < -0.4 is 10.2 Å². The van der Waals surface area contributed by atoms with E-state index in [1.165, 1.54) is 0 Å². The third kappa shape index (κ3) is 4.49. The van der Waals surface area contributed by atoms with Crippen LogP contribution in [0, 0.1) is 5.92 Å². The first kappa shape index (κ1) is 18.1. The predicted molar refractivity (Wildman–Crippen MR) is 101 cm³/mol. The van der Waals surface area contributed by atoms with Crippen LogP contribution in [0.25, 0.3) is 0 Å². The molecule has 0 spiro atoms. The van der Waals surface area contributed by atoms with Crippen LogP contribution in [0.2, 0.25) is 0 Å². The Kier molecular flexibility index (Phi) is 5.68. The van der Waals surface area contributed by atoms with Gasteiger partial charge in [0, 0.05) is 28.8 Å². The van der Waals surface area contributed by atoms with Gasteiger partial charge in [-0.15, -0.1) is 0 Å². The number of carbonyl (C=O) groups is 3. The maximum absolute atomic E-state index is 12.2. The van der Waals surface area contributed by atoms with E-state index in [1.807, 2.05) is 30.3 Å². The molecule has 6 nitrogen and oxygen atoms in total. The average Bonchev–Trinajstić information content (AvgIpc) is 3.03. The Balaban J connectivity index is 1.51. The molecule has 0 aromatic heterocycles. The van der Waals surface area contributed by atoms with E-state index in [-0.39, 0.29) is 25.5 Å². The molecule has 26 heavy (non-hydrogen) atoms. The summed E-state index contributed by atoms with van der Waals surface area (Å²) in [5.41, 5.74) is 1.36. The molecule has 0 unspecified atom stereocenters. The second-order valence-electron chi connectivity index (χ2n) is 5.90. The molecule has 2 aromatic rings. The number of rotatable bonds is 5. The minimum absolute atomic E-state index is 0.0786. The number of para-hydroxylation sites is 1. The van der Waals surface area contributed by atoms with Crippen molar-refractivity contribution >= 4 is 45.1 Å². The molecule has 1 aliphatic rings. The Morgan fingerprint density at radius 1 is 1.12 bits per heavy atom. The zero-order valence-electron chi connectivity index (χ0n) is 13.9. The number of nitrogens with one attached hydrogen (secondary N) is 1. The van der Waals surface area contributed by atoms with Crippen molar-refractivity contribution in [3.8, 4) is 0 Å².